The molecule has 0 radical (unpaired) electrons. The molecular formula is C20H23N5O2. The van der Waals surface area contributed by atoms with Crippen LogP contribution in [0.5, 0.6) is 0 Å². The molecule has 27 heavy (non-hydrogen) atoms. The van der Waals surface area contributed by atoms with Crippen LogP contribution in [-0.2, 0) is 11.2 Å². The number of guanidine groups is 1. The van der Waals surface area contributed by atoms with E-state index in [4.69, 9.17) is 4.99 Å². The van der Waals surface area contributed by atoms with Crippen molar-refractivity contribution in [1.29, 1.82) is 0 Å². The van der Waals surface area contributed by atoms with E-state index in [2.05, 4.69) is 37.8 Å². The zero-order valence-corrected chi connectivity index (χ0v) is 15.8. The van der Waals surface area contributed by atoms with Crippen molar-refractivity contribution >= 4 is 23.6 Å². The molecule has 0 saturated carbocycles. The number of anilines is 1. The molecule has 2 unspecified atom stereocenters. The number of benzene rings is 1. The number of hydrogen-bond acceptors (Lipinski definition) is 5. The summed E-state index contributed by atoms with van der Waals surface area (Å²) in [6.07, 6.45) is 3.95. The van der Waals surface area contributed by atoms with Crippen molar-refractivity contribution in [1.82, 2.24) is 14.7 Å². The molecule has 1 saturated heterocycles. The number of hydrogen-bond donors (Lipinski definition) is 0. The number of allylic oxidation sites excluding steroid dienone is 1. The molecule has 7 nitrogen and oxygen atoms in total. The average molecular weight is 365 g/mol. The Bertz CT molecular complexity index is 873. The molecular weight excluding hydrogens is 342 g/mol. The van der Waals surface area contributed by atoms with E-state index in [1.165, 1.54) is 15.4 Å². The van der Waals surface area contributed by atoms with E-state index in [0.717, 1.165) is 17.8 Å². The molecule has 0 N–H and O–H groups in total. The second-order valence-electron chi connectivity index (χ2n) is 6.95. The molecule has 1 fully saturated rings. The predicted molar refractivity (Wildman–Crippen MR) is 104 cm³/mol. The monoisotopic (exact) mass is 365 g/mol. The molecule has 3 heterocycles. The SMILES string of the molecule is C=CCN1C(=O)C2C(N=C3N(c4ccc(CC)cc4)C(C)=CN32)N(C)C1=O. The normalized spacial score (nSPS) is 24.1. The second kappa shape index (κ2) is 6.26. The summed E-state index contributed by atoms with van der Waals surface area (Å²) in [5.41, 5.74) is 3.24. The Balaban J connectivity index is 1.71. The topological polar surface area (TPSA) is 59.5 Å². The highest BCUT2D eigenvalue weighted by Gasteiger charge is 2.54. The summed E-state index contributed by atoms with van der Waals surface area (Å²) in [5, 5.41) is 0. The first-order valence-corrected chi connectivity index (χ1v) is 9.10. The number of urea groups is 1. The average Bonchev–Trinajstić information content (AvgIpc) is 3.18. The highest BCUT2D eigenvalue weighted by Crippen LogP contribution is 2.36. The largest absolute Gasteiger partial charge is 0.328 e. The Kier molecular flexibility index (Phi) is 4.02. The van der Waals surface area contributed by atoms with E-state index in [0.29, 0.717) is 5.96 Å². The Morgan fingerprint density at radius 1 is 1.22 bits per heavy atom. The number of aryl methyl sites for hydroxylation is 1. The van der Waals surface area contributed by atoms with Gasteiger partial charge in [0.25, 0.3) is 5.91 Å². The molecule has 140 valence electrons. The highest BCUT2D eigenvalue weighted by molar-refractivity contribution is 6.09. The summed E-state index contributed by atoms with van der Waals surface area (Å²) in [4.78, 5) is 37.0. The van der Waals surface area contributed by atoms with Gasteiger partial charge in [0, 0.05) is 31.2 Å². The van der Waals surface area contributed by atoms with Crippen molar-refractivity contribution in [2.75, 3.05) is 18.5 Å². The number of nitrogens with zero attached hydrogens (tertiary/aromatic N) is 5. The van der Waals surface area contributed by atoms with Crippen molar-refractivity contribution in [3.05, 3.63) is 54.4 Å². The Hall–Kier alpha value is -3.09. The van der Waals surface area contributed by atoms with E-state index >= 15 is 0 Å². The molecule has 0 spiro atoms. The van der Waals surface area contributed by atoms with E-state index in [1.807, 2.05) is 22.9 Å². The van der Waals surface area contributed by atoms with E-state index in [1.54, 1.807) is 13.1 Å². The number of likely N-dealkylation sites (N-methyl/N-ethyl adjacent to an activating group) is 1. The minimum absolute atomic E-state index is 0.194. The van der Waals surface area contributed by atoms with Gasteiger partial charge in [-0.15, -0.1) is 6.58 Å². The number of carbonyl (C=O) groups excluding carboxylic acids is 2. The van der Waals surface area contributed by atoms with Crippen LogP contribution in [0, 0.1) is 0 Å². The fourth-order valence-electron chi connectivity index (χ4n) is 3.85. The van der Waals surface area contributed by atoms with Crippen molar-refractivity contribution in [3.8, 4) is 0 Å². The molecule has 0 bridgehead atoms. The summed E-state index contributed by atoms with van der Waals surface area (Å²) >= 11 is 0. The molecule has 2 atom stereocenters. The minimum Gasteiger partial charge on any atom is -0.302 e. The van der Waals surface area contributed by atoms with E-state index < -0.39 is 12.2 Å². The summed E-state index contributed by atoms with van der Waals surface area (Å²) in [6, 6.07) is 7.43. The van der Waals surface area contributed by atoms with Gasteiger partial charge in [0.2, 0.25) is 5.96 Å². The summed E-state index contributed by atoms with van der Waals surface area (Å²) in [7, 11) is 1.69. The number of imide groups is 1. The number of fused-ring (bicyclic) bond motifs is 3. The Morgan fingerprint density at radius 3 is 2.56 bits per heavy atom. The van der Waals surface area contributed by atoms with Crippen LogP contribution in [0.3, 0.4) is 0 Å². The molecule has 0 aromatic heterocycles. The third-order valence-electron chi connectivity index (χ3n) is 5.30. The Morgan fingerprint density at radius 2 is 1.93 bits per heavy atom. The standard InChI is InChI=1S/C20H23N5O2/c1-5-11-23-18(26)16-17(22(4)20(23)27)21-19-24(16)12-13(3)25(19)15-9-7-14(6-2)8-10-15/h5,7-10,12,16-17H,1,6,11H2,2-4H3. The Labute approximate surface area is 158 Å². The first-order chi connectivity index (χ1) is 13.0. The zero-order chi connectivity index (χ0) is 19.3. The third kappa shape index (κ3) is 2.45. The van der Waals surface area contributed by atoms with Crippen molar-refractivity contribution < 1.29 is 9.59 Å². The second-order valence-corrected chi connectivity index (χ2v) is 6.95. The third-order valence-corrected chi connectivity index (χ3v) is 5.30. The minimum atomic E-state index is -0.544. The van der Waals surface area contributed by atoms with Gasteiger partial charge in [-0.3, -0.25) is 14.6 Å². The molecule has 3 amide bonds. The zero-order valence-electron chi connectivity index (χ0n) is 15.8. The molecule has 7 heteroatoms. The molecule has 1 aromatic carbocycles. The number of amides is 3. The van der Waals surface area contributed by atoms with Crippen LogP contribution in [-0.4, -0.2) is 58.4 Å². The first-order valence-electron chi connectivity index (χ1n) is 9.10. The first kappa shape index (κ1) is 17.3. The van der Waals surface area contributed by atoms with Gasteiger partial charge in [0.15, 0.2) is 12.2 Å². The maximum Gasteiger partial charge on any atom is 0.328 e. The smallest absolute Gasteiger partial charge is 0.302 e. The number of aliphatic imine (C=N–C) groups is 1. The van der Waals surface area contributed by atoms with Gasteiger partial charge < -0.3 is 9.80 Å². The molecule has 1 aromatic rings. The summed E-state index contributed by atoms with van der Waals surface area (Å²) in [5.74, 6) is 0.439. The van der Waals surface area contributed by atoms with Gasteiger partial charge in [-0.05, 0) is 31.0 Å². The molecule has 0 aliphatic carbocycles. The van der Waals surface area contributed by atoms with Gasteiger partial charge in [-0.2, -0.15) is 0 Å². The maximum atomic E-state index is 13.0. The molecule has 3 aliphatic rings. The lowest BCUT2D eigenvalue weighted by Crippen LogP contribution is -2.64. The molecule has 4 rings (SSSR count). The fourth-order valence-corrected chi connectivity index (χ4v) is 3.85. The molecule has 3 aliphatic heterocycles. The summed E-state index contributed by atoms with van der Waals surface area (Å²) < 4.78 is 0. The van der Waals surface area contributed by atoms with Gasteiger partial charge in [-0.1, -0.05) is 25.1 Å². The van der Waals surface area contributed by atoms with Crippen LogP contribution in [0.25, 0.3) is 0 Å². The number of carbonyl (C=O) groups is 2. The lowest BCUT2D eigenvalue weighted by atomic mass is 10.1. The van der Waals surface area contributed by atoms with Crippen LogP contribution < -0.4 is 4.90 Å². The van der Waals surface area contributed by atoms with Gasteiger partial charge in [-0.25, -0.2) is 9.79 Å². The van der Waals surface area contributed by atoms with Crippen LogP contribution in [0.4, 0.5) is 10.5 Å². The van der Waals surface area contributed by atoms with Crippen molar-refractivity contribution in [2.45, 2.75) is 32.5 Å². The van der Waals surface area contributed by atoms with Crippen LogP contribution in [0.1, 0.15) is 19.4 Å². The van der Waals surface area contributed by atoms with Gasteiger partial charge >= 0.3 is 6.03 Å². The van der Waals surface area contributed by atoms with Crippen LogP contribution in [0.15, 0.2) is 53.8 Å². The lowest BCUT2D eigenvalue weighted by Gasteiger charge is -2.39. The highest BCUT2D eigenvalue weighted by atomic mass is 16.2. The van der Waals surface area contributed by atoms with Crippen LogP contribution >= 0.6 is 0 Å². The number of rotatable bonds is 4. The fraction of sp³-hybridized carbons (Fsp3) is 0.350. The quantitative estimate of drug-likeness (QED) is 0.769. The predicted octanol–water partition coefficient (Wildman–Crippen LogP) is 2.38. The van der Waals surface area contributed by atoms with Gasteiger partial charge in [0.1, 0.15) is 0 Å². The maximum absolute atomic E-state index is 13.0. The summed E-state index contributed by atoms with van der Waals surface area (Å²) in [6.45, 7) is 7.96. The van der Waals surface area contributed by atoms with Crippen LogP contribution in [0.2, 0.25) is 0 Å². The van der Waals surface area contributed by atoms with Crippen molar-refractivity contribution in [2.24, 2.45) is 4.99 Å². The van der Waals surface area contributed by atoms with Gasteiger partial charge in [0.05, 0.1) is 0 Å². The van der Waals surface area contributed by atoms with E-state index in [-0.39, 0.29) is 18.5 Å². The van der Waals surface area contributed by atoms with Crippen molar-refractivity contribution in [3.63, 3.8) is 0 Å². The lowest BCUT2D eigenvalue weighted by molar-refractivity contribution is -0.136. The van der Waals surface area contributed by atoms with E-state index in [9.17, 15) is 9.59 Å².